The number of nitrogens with two attached hydrogens (primary N) is 1. The van der Waals surface area contributed by atoms with Crippen molar-refractivity contribution in [2.24, 2.45) is 10.7 Å². The summed E-state index contributed by atoms with van der Waals surface area (Å²) in [7, 11) is 0. The van der Waals surface area contributed by atoms with Crippen LogP contribution < -0.4 is 5.73 Å². The van der Waals surface area contributed by atoms with Gasteiger partial charge in [-0.3, -0.25) is 15.0 Å². The van der Waals surface area contributed by atoms with E-state index in [2.05, 4.69) is 14.5 Å². The second kappa shape index (κ2) is 9.34. The Balaban J connectivity index is 0.000000230. The van der Waals surface area contributed by atoms with Crippen LogP contribution in [0.2, 0.25) is 0 Å². The van der Waals surface area contributed by atoms with Crippen molar-refractivity contribution in [1.82, 2.24) is 0 Å². The quantitative estimate of drug-likeness (QED) is 0.800. The van der Waals surface area contributed by atoms with Gasteiger partial charge in [0.05, 0.1) is 26.1 Å². The first kappa shape index (κ1) is 18.3. The van der Waals surface area contributed by atoms with E-state index in [-0.39, 0.29) is 30.6 Å². The number of hydrogen-bond donors (Lipinski definition) is 2. The van der Waals surface area contributed by atoms with Gasteiger partial charge < -0.3 is 15.2 Å². The highest BCUT2D eigenvalue weighted by molar-refractivity contribution is 6.20. The van der Waals surface area contributed by atoms with Crippen LogP contribution in [0, 0.1) is 5.41 Å². The van der Waals surface area contributed by atoms with Crippen molar-refractivity contribution in [2.75, 3.05) is 13.2 Å². The molecule has 0 saturated carbocycles. The minimum Gasteiger partial charge on any atom is -0.466 e. The van der Waals surface area contributed by atoms with Crippen molar-refractivity contribution in [3.8, 4) is 0 Å². The molecule has 2 rings (SSSR count). The highest BCUT2D eigenvalue weighted by atomic mass is 16.5. The molecule has 1 heterocycles. The van der Waals surface area contributed by atoms with Crippen LogP contribution in [-0.4, -0.2) is 36.8 Å². The Kier molecular flexibility index (Phi) is 7.45. The predicted molar refractivity (Wildman–Crippen MR) is 86.5 cm³/mol. The van der Waals surface area contributed by atoms with Gasteiger partial charge in [0.15, 0.2) is 5.84 Å². The zero-order valence-corrected chi connectivity index (χ0v) is 13.3. The third-order valence-corrected chi connectivity index (χ3v) is 2.83. The molecule has 1 aliphatic heterocycles. The maximum Gasteiger partial charge on any atom is 0.306 e. The van der Waals surface area contributed by atoms with Gasteiger partial charge in [-0.1, -0.05) is 24.3 Å². The SMILES string of the molecule is CCOC(=O)CCC(=O)OCC.N=C1N=C(N)c2ccccc21. The van der Waals surface area contributed by atoms with E-state index in [0.29, 0.717) is 19.0 Å². The molecule has 0 unspecified atom stereocenters. The van der Waals surface area contributed by atoms with Crippen LogP contribution in [0.4, 0.5) is 0 Å². The van der Waals surface area contributed by atoms with Crippen molar-refractivity contribution >= 4 is 23.6 Å². The van der Waals surface area contributed by atoms with E-state index in [1.165, 1.54) is 0 Å². The van der Waals surface area contributed by atoms with Crippen LogP contribution in [0.1, 0.15) is 37.8 Å². The summed E-state index contributed by atoms with van der Waals surface area (Å²) in [6.45, 7) is 4.15. The molecule has 0 saturated heterocycles. The molecule has 1 aromatic carbocycles. The molecule has 23 heavy (non-hydrogen) atoms. The lowest BCUT2D eigenvalue weighted by atomic mass is 10.1. The van der Waals surface area contributed by atoms with Crippen molar-refractivity contribution < 1.29 is 19.1 Å². The summed E-state index contributed by atoms with van der Waals surface area (Å²) >= 11 is 0. The maximum absolute atomic E-state index is 10.7. The third kappa shape index (κ3) is 5.90. The van der Waals surface area contributed by atoms with Gasteiger partial charge in [0.1, 0.15) is 5.84 Å². The van der Waals surface area contributed by atoms with E-state index in [9.17, 15) is 9.59 Å². The number of ether oxygens (including phenoxy) is 2. The molecule has 0 amide bonds. The lowest BCUT2D eigenvalue weighted by molar-refractivity contribution is -0.149. The van der Waals surface area contributed by atoms with E-state index in [1.54, 1.807) is 13.8 Å². The van der Waals surface area contributed by atoms with Gasteiger partial charge in [0.25, 0.3) is 0 Å². The Morgan fingerprint density at radius 2 is 1.52 bits per heavy atom. The molecule has 124 valence electrons. The number of aliphatic imine (C=N–C) groups is 1. The molecule has 0 spiro atoms. The lowest BCUT2D eigenvalue weighted by Crippen LogP contribution is -2.09. The highest BCUT2D eigenvalue weighted by Crippen LogP contribution is 2.15. The molecule has 0 bridgehead atoms. The second-order valence-corrected chi connectivity index (χ2v) is 4.50. The molecule has 0 radical (unpaired) electrons. The average molecular weight is 319 g/mol. The van der Waals surface area contributed by atoms with Gasteiger partial charge in [-0.25, -0.2) is 4.99 Å². The molecule has 7 heteroatoms. The minimum atomic E-state index is -0.356. The number of carbonyl (C=O) groups excluding carboxylic acids is 2. The highest BCUT2D eigenvalue weighted by Gasteiger charge is 2.16. The van der Waals surface area contributed by atoms with E-state index in [4.69, 9.17) is 11.1 Å². The second-order valence-electron chi connectivity index (χ2n) is 4.50. The first-order chi connectivity index (χ1) is 11.0. The molecular formula is C16H21N3O4. The number of fused-ring (bicyclic) bond motifs is 1. The Bertz CT molecular complexity index is 593. The van der Waals surface area contributed by atoms with Crippen molar-refractivity contribution in [1.29, 1.82) is 5.41 Å². The molecule has 0 fully saturated rings. The summed E-state index contributed by atoms with van der Waals surface area (Å²) in [6, 6.07) is 7.48. The molecule has 3 N–H and O–H groups in total. The van der Waals surface area contributed by atoms with Crippen molar-refractivity contribution in [3.63, 3.8) is 0 Å². The Labute approximate surface area is 135 Å². The largest absolute Gasteiger partial charge is 0.466 e. The first-order valence-corrected chi connectivity index (χ1v) is 7.33. The number of hydrogen-bond acceptors (Lipinski definition) is 6. The molecule has 0 atom stereocenters. The van der Waals surface area contributed by atoms with Crippen LogP contribution in [0.5, 0.6) is 0 Å². The van der Waals surface area contributed by atoms with Crippen molar-refractivity contribution in [3.05, 3.63) is 35.4 Å². The number of nitrogens with one attached hydrogen (secondary N) is 1. The third-order valence-electron chi connectivity index (χ3n) is 2.83. The number of amidine groups is 2. The minimum absolute atomic E-state index is 0.104. The van der Waals surface area contributed by atoms with Crippen LogP contribution in [-0.2, 0) is 19.1 Å². The first-order valence-electron chi connectivity index (χ1n) is 7.33. The van der Waals surface area contributed by atoms with Crippen LogP contribution in [0.25, 0.3) is 0 Å². The number of nitrogens with zero attached hydrogens (tertiary/aromatic N) is 1. The van der Waals surface area contributed by atoms with Crippen LogP contribution in [0.15, 0.2) is 29.3 Å². The molecule has 1 aliphatic rings. The van der Waals surface area contributed by atoms with E-state index >= 15 is 0 Å². The van der Waals surface area contributed by atoms with Gasteiger partial charge in [-0.15, -0.1) is 0 Å². The molecule has 0 aliphatic carbocycles. The molecular weight excluding hydrogens is 298 g/mol. The maximum atomic E-state index is 10.7. The number of carbonyl (C=O) groups is 2. The Morgan fingerprint density at radius 3 is 1.96 bits per heavy atom. The monoisotopic (exact) mass is 319 g/mol. The van der Waals surface area contributed by atoms with Gasteiger partial charge in [-0.2, -0.15) is 0 Å². The fourth-order valence-electron chi connectivity index (χ4n) is 1.82. The molecule has 1 aromatic rings. The fourth-order valence-corrected chi connectivity index (χ4v) is 1.82. The summed E-state index contributed by atoms with van der Waals surface area (Å²) in [4.78, 5) is 25.3. The van der Waals surface area contributed by atoms with E-state index in [0.717, 1.165) is 11.1 Å². The summed E-state index contributed by atoms with van der Waals surface area (Å²) in [5.74, 6) is -0.000180. The van der Waals surface area contributed by atoms with Gasteiger partial charge >= 0.3 is 11.9 Å². The van der Waals surface area contributed by atoms with Gasteiger partial charge in [0.2, 0.25) is 0 Å². The zero-order chi connectivity index (χ0) is 17.2. The summed E-state index contributed by atoms with van der Waals surface area (Å²) < 4.78 is 9.25. The Hall–Kier alpha value is -2.70. The van der Waals surface area contributed by atoms with Gasteiger partial charge in [-0.05, 0) is 13.8 Å². The summed E-state index contributed by atoms with van der Waals surface area (Å²) in [5, 5.41) is 7.39. The number of esters is 2. The lowest BCUT2D eigenvalue weighted by Gasteiger charge is -2.01. The average Bonchev–Trinajstić information content (AvgIpc) is 2.82. The standard InChI is InChI=1S/C8H7N3.C8H14O4/c9-7-5-3-1-2-4-6(5)8(10)11-7;1-3-11-7(9)5-6-8(10)12-4-2/h1-4H,(H3,9,10,11);3-6H2,1-2H3. The number of benzene rings is 1. The molecule has 7 nitrogen and oxygen atoms in total. The van der Waals surface area contributed by atoms with E-state index < -0.39 is 0 Å². The molecule has 0 aromatic heterocycles. The topological polar surface area (TPSA) is 115 Å². The summed E-state index contributed by atoms with van der Waals surface area (Å²) in [6.07, 6.45) is 0.208. The van der Waals surface area contributed by atoms with Crippen LogP contribution in [0.3, 0.4) is 0 Å². The van der Waals surface area contributed by atoms with Gasteiger partial charge in [0, 0.05) is 11.1 Å². The zero-order valence-electron chi connectivity index (χ0n) is 13.3. The Morgan fingerprint density at radius 1 is 1.04 bits per heavy atom. The predicted octanol–water partition coefficient (Wildman–Crippen LogP) is 1.62. The normalized spacial score (nSPS) is 11.7. The summed E-state index contributed by atoms with van der Waals surface area (Å²) in [5.41, 5.74) is 7.24. The van der Waals surface area contributed by atoms with Crippen LogP contribution >= 0.6 is 0 Å². The fraction of sp³-hybridized carbons (Fsp3) is 0.375. The van der Waals surface area contributed by atoms with Crippen molar-refractivity contribution in [2.45, 2.75) is 26.7 Å². The number of rotatable bonds is 5. The smallest absolute Gasteiger partial charge is 0.306 e. The van der Waals surface area contributed by atoms with E-state index in [1.807, 2.05) is 24.3 Å².